The molecule has 2 aromatic carbocycles. The van der Waals surface area contributed by atoms with Crippen LogP contribution in [-0.2, 0) is 21.4 Å². The number of carbonyl (C=O) groups is 3. The van der Waals surface area contributed by atoms with E-state index in [9.17, 15) is 14.4 Å². The van der Waals surface area contributed by atoms with E-state index in [1.54, 1.807) is 36.0 Å². The zero-order valence-corrected chi connectivity index (χ0v) is 14.7. The van der Waals surface area contributed by atoms with Gasteiger partial charge in [-0.1, -0.05) is 36.4 Å². The minimum absolute atomic E-state index is 0.328. The Bertz CT molecular complexity index is 987. The number of esters is 1. The van der Waals surface area contributed by atoms with Crippen LogP contribution in [0, 0.1) is 0 Å². The molecule has 7 nitrogen and oxygen atoms in total. The van der Waals surface area contributed by atoms with Gasteiger partial charge in [-0.2, -0.15) is 0 Å². The van der Waals surface area contributed by atoms with Crippen LogP contribution in [0.1, 0.15) is 10.5 Å². The number of aryl methyl sites for hydroxylation is 1. The summed E-state index contributed by atoms with van der Waals surface area (Å²) >= 11 is 0. The smallest absolute Gasteiger partial charge is 0.344 e. The van der Waals surface area contributed by atoms with E-state index in [-0.39, 0.29) is 6.61 Å². The van der Waals surface area contributed by atoms with E-state index < -0.39 is 24.4 Å². The first-order valence-electron chi connectivity index (χ1n) is 8.26. The Kier molecular flexibility index (Phi) is 5.51. The standard InChI is InChI=1S/C20H18N2O5/c1-22-11-5-9-16(22)20(25)21-18(23)12-27-19(24)13-26-17-10-4-7-14-6-2-3-8-15(14)17/h2-11H,12-13H2,1H3,(H,21,23,25). The summed E-state index contributed by atoms with van der Waals surface area (Å²) < 4.78 is 11.9. The fourth-order valence-corrected chi connectivity index (χ4v) is 2.57. The molecule has 0 unspecified atom stereocenters. The van der Waals surface area contributed by atoms with Gasteiger partial charge < -0.3 is 14.0 Å². The van der Waals surface area contributed by atoms with Crippen molar-refractivity contribution >= 4 is 28.6 Å². The largest absolute Gasteiger partial charge is 0.481 e. The Balaban J connectivity index is 1.47. The number of rotatable bonds is 6. The lowest BCUT2D eigenvalue weighted by Crippen LogP contribution is -2.35. The third-order valence-corrected chi connectivity index (χ3v) is 3.89. The van der Waals surface area contributed by atoms with Crippen LogP contribution >= 0.6 is 0 Å². The number of benzene rings is 2. The molecule has 138 valence electrons. The highest BCUT2D eigenvalue weighted by molar-refractivity contribution is 6.04. The number of carbonyl (C=O) groups excluding carboxylic acids is 3. The first-order chi connectivity index (χ1) is 13.0. The van der Waals surface area contributed by atoms with Crippen molar-refractivity contribution in [1.82, 2.24) is 9.88 Å². The van der Waals surface area contributed by atoms with Crippen molar-refractivity contribution in [2.45, 2.75) is 0 Å². The number of fused-ring (bicyclic) bond motifs is 1. The van der Waals surface area contributed by atoms with E-state index in [0.717, 1.165) is 10.8 Å². The Morgan fingerprint density at radius 3 is 2.52 bits per heavy atom. The van der Waals surface area contributed by atoms with Gasteiger partial charge in [0.1, 0.15) is 11.4 Å². The maximum Gasteiger partial charge on any atom is 0.344 e. The molecule has 1 N–H and O–H groups in total. The lowest BCUT2D eigenvalue weighted by atomic mass is 10.1. The molecular weight excluding hydrogens is 348 g/mol. The molecule has 7 heteroatoms. The molecule has 0 fully saturated rings. The van der Waals surface area contributed by atoms with Gasteiger partial charge in [0.25, 0.3) is 11.8 Å². The third kappa shape index (κ3) is 4.52. The van der Waals surface area contributed by atoms with Crippen molar-refractivity contribution in [3.05, 3.63) is 66.5 Å². The zero-order chi connectivity index (χ0) is 19.2. The van der Waals surface area contributed by atoms with E-state index in [4.69, 9.17) is 9.47 Å². The number of hydrogen-bond acceptors (Lipinski definition) is 5. The maximum atomic E-state index is 11.9. The van der Waals surface area contributed by atoms with Crippen LogP contribution in [0.5, 0.6) is 5.75 Å². The molecular formula is C20H18N2O5. The Labute approximate surface area is 155 Å². The quantitative estimate of drug-likeness (QED) is 0.675. The normalized spacial score (nSPS) is 10.4. The van der Waals surface area contributed by atoms with Crippen LogP contribution in [0.25, 0.3) is 10.8 Å². The second-order valence-electron chi connectivity index (χ2n) is 5.81. The minimum Gasteiger partial charge on any atom is -0.481 e. The summed E-state index contributed by atoms with van der Waals surface area (Å²) in [5, 5.41) is 4.02. The highest BCUT2D eigenvalue weighted by Gasteiger charge is 2.15. The molecule has 1 heterocycles. The molecule has 0 atom stereocenters. The molecule has 3 rings (SSSR count). The van der Waals surface area contributed by atoms with Crippen LogP contribution < -0.4 is 10.1 Å². The van der Waals surface area contributed by atoms with Crippen molar-refractivity contribution in [3.63, 3.8) is 0 Å². The van der Waals surface area contributed by atoms with Gasteiger partial charge in [-0.25, -0.2) is 4.79 Å². The number of nitrogens with zero attached hydrogens (tertiary/aromatic N) is 1. The third-order valence-electron chi connectivity index (χ3n) is 3.89. The maximum absolute atomic E-state index is 11.9. The summed E-state index contributed by atoms with van der Waals surface area (Å²) in [6, 6.07) is 16.4. The van der Waals surface area contributed by atoms with Crippen LogP contribution in [-0.4, -0.2) is 35.6 Å². The van der Waals surface area contributed by atoms with Crippen molar-refractivity contribution in [1.29, 1.82) is 0 Å². The van der Waals surface area contributed by atoms with Crippen molar-refractivity contribution in [3.8, 4) is 5.75 Å². The number of aromatic nitrogens is 1. The molecule has 0 spiro atoms. The van der Waals surface area contributed by atoms with Gasteiger partial charge in [0.2, 0.25) is 0 Å². The van der Waals surface area contributed by atoms with E-state index >= 15 is 0 Å². The molecule has 0 saturated carbocycles. The first-order valence-corrected chi connectivity index (χ1v) is 8.26. The number of nitrogens with one attached hydrogen (secondary N) is 1. The van der Waals surface area contributed by atoms with Crippen LogP contribution in [0.3, 0.4) is 0 Å². The Morgan fingerprint density at radius 2 is 1.74 bits per heavy atom. The molecule has 0 saturated heterocycles. The second kappa shape index (κ2) is 8.18. The molecule has 2 amide bonds. The van der Waals surface area contributed by atoms with E-state index in [1.165, 1.54) is 0 Å². The van der Waals surface area contributed by atoms with Gasteiger partial charge in [0, 0.05) is 18.6 Å². The molecule has 27 heavy (non-hydrogen) atoms. The van der Waals surface area contributed by atoms with Gasteiger partial charge in [-0.05, 0) is 23.6 Å². The van der Waals surface area contributed by atoms with Gasteiger partial charge >= 0.3 is 5.97 Å². The van der Waals surface area contributed by atoms with Crippen molar-refractivity contribution in [2.75, 3.05) is 13.2 Å². The average Bonchev–Trinajstić information content (AvgIpc) is 3.10. The zero-order valence-electron chi connectivity index (χ0n) is 14.7. The fraction of sp³-hybridized carbons (Fsp3) is 0.150. The molecule has 0 aliphatic heterocycles. The Morgan fingerprint density at radius 1 is 0.963 bits per heavy atom. The average molecular weight is 366 g/mol. The topological polar surface area (TPSA) is 86.6 Å². The predicted octanol–water partition coefficient (Wildman–Crippen LogP) is 2.06. The van der Waals surface area contributed by atoms with E-state index in [0.29, 0.717) is 11.4 Å². The molecule has 0 bridgehead atoms. The number of ether oxygens (including phenoxy) is 2. The lowest BCUT2D eigenvalue weighted by Gasteiger charge is -2.09. The van der Waals surface area contributed by atoms with E-state index in [1.807, 2.05) is 36.4 Å². The van der Waals surface area contributed by atoms with Gasteiger partial charge in [-0.3, -0.25) is 14.9 Å². The Hall–Kier alpha value is -3.61. The predicted molar refractivity (Wildman–Crippen MR) is 98.3 cm³/mol. The van der Waals surface area contributed by atoms with Crippen molar-refractivity contribution in [2.24, 2.45) is 7.05 Å². The van der Waals surface area contributed by atoms with Gasteiger partial charge in [-0.15, -0.1) is 0 Å². The highest BCUT2D eigenvalue weighted by Crippen LogP contribution is 2.24. The summed E-state index contributed by atoms with van der Waals surface area (Å²) in [7, 11) is 1.68. The summed E-state index contributed by atoms with van der Waals surface area (Å²) in [6.45, 7) is -0.902. The van der Waals surface area contributed by atoms with Crippen LogP contribution in [0.15, 0.2) is 60.8 Å². The monoisotopic (exact) mass is 366 g/mol. The van der Waals surface area contributed by atoms with Crippen LogP contribution in [0.4, 0.5) is 0 Å². The second-order valence-corrected chi connectivity index (χ2v) is 5.81. The lowest BCUT2D eigenvalue weighted by molar-refractivity contribution is -0.150. The van der Waals surface area contributed by atoms with Crippen LogP contribution in [0.2, 0.25) is 0 Å². The molecule has 3 aromatic rings. The number of hydrogen-bond donors (Lipinski definition) is 1. The summed E-state index contributed by atoms with van der Waals surface area (Å²) in [5.74, 6) is -1.42. The minimum atomic E-state index is -0.709. The first kappa shape index (κ1) is 18.2. The summed E-state index contributed by atoms with van der Waals surface area (Å²) in [6.07, 6.45) is 1.68. The fourth-order valence-electron chi connectivity index (χ4n) is 2.57. The SMILES string of the molecule is Cn1cccc1C(=O)NC(=O)COC(=O)COc1cccc2ccccc12. The number of imide groups is 1. The van der Waals surface area contributed by atoms with Gasteiger partial charge in [0.15, 0.2) is 13.2 Å². The molecule has 0 aliphatic carbocycles. The van der Waals surface area contributed by atoms with E-state index in [2.05, 4.69) is 5.32 Å². The van der Waals surface area contributed by atoms with Crippen molar-refractivity contribution < 1.29 is 23.9 Å². The molecule has 0 radical (unpaired) electrons. The van der Waals surface area contributed by atoms with Gasteiger partial charge in [0.05, 0.1) is 0 Å². The summed E-state index contributed by atoms with van der Waals surface area (Å²) in [4.78, 5) is 35.5. The summed E-state index contributed by atoms with van der Waals surface area (Å²) in [5.41, 5.74) is 0.328. The molecule has 1 aromatic heterocycles. The highest BCUT2D eigenvalue weighted by atomic mass is 16.6. The number of amides is 2. The molecule has 0 aliphatic rings.